The minimum absolute atomic E-state index is 0.0415. The van der Waals surface area contributed by atoms with Gasteiger partial charge in [-0.2, -0.15) is 0 Å². The Bertz CT molecular complexity index is 1050. The van der Waals surface area contributed by atoms with Gasteiger partial charge in [0, 0.05) is 29.8 Å². The Labute approximate surface area is 173 Å². The average Bonchev–Trinajstić information content (AvgIpc) is 3.52. The molecule has 0 radical (unpaired) electrons. The number of rotatable bonds is 4. The third-order valence-corrected chi connectivity index (χ3v) is 7.23. The molecule has 2 aliphatic carbocycles. The van der Waals surface area contributed by atoms with Gasteiger partial charge in [-0.15, -0.1) is 0 Å². The topological polar surface area (TPSA) is 81.1 Å². The number of hydrogen-bond acceptors (Lipinski definition) is 6. The maximum absolute atomic E-state index is 13.3. The molecule has 6 unspecified atom stereocenters. The van der Waals surface area contributed by atoms with Crippen LogP contribution in [0.25, 0.3) is 0 Å². The highest BCUT2D eigenvalue weighted by Crippen LogP contribution is 2.61. The molecule has 4 aliphatic rings. The van der Waals surface area contributed by atoms with Crippen LogP contribution in [-0.2, 0) is 21.0 Å². The summed E-state index contributed by atoms with van der Waals surface area (Å²) in [5.74, 6) is 0.284. The van der Waals surface area contributed by atoms with Crippen LogP contribution in [0.4, 0.5) is 0 Å². The molecule has 2 aliphatic heterocycles. The predicted octanol–water partition coefficient (Wildman–Crippen LogP) is 2.26. The Morgan fingerprint density at radius 2 is 1.83 bits per heavy atom. The number of benzene rings is 1. The van der Waals surface area contributed by atoms with Crippen molar-refractivity contribution >= 4 is 17.5 Å². The molecule has 30 heavy (non-hydrogen) atoms. The molecule has 6 atom stereocenters. The number of pyridine rings is 1. The van der Waals surface area contributed by atoms with Crippen LogP contribution in [0, 0.1) is 29.6 Å². The number of carbonyl (C=O) groups is 2. The van der Waals surface area contributed by atoms with E-state index in [9.17, 15) is 9.59 Å². The predicted molar refractivity (Wildman–Crippen MR) is 106 cm³/mol. The smallest absolute Gasteiger partial charge is 0.233 e. The van der Waals surface area contributed by atoms with Gasteiger partial charge in [0.15, 0.2) is 0 Å². The number of amides is 2. The van der Waals surface area contributed by atoms with E-state index in [4.69, 9.17) is 9.57 Å². The third kappa shape index (κ3) is 2.32. The Kier molecular flexibility index (Phi) is 3.75. The van der Waals surface area contributed by atoms with Gasteiger partial charge in [0.05, 0.1) is 31.2 Å². The van der Waals surface area contributed by atoms with Gasteiger partial charge in [-0.3, -0.25) is 19.5 Å². The van der Waals surface area contributed by atoms with E-state index in [1.165, 1.54) is 4.90 Å². The number of aromatic nitrogens is 1. The summed E-state index contributed by atoms with van der Waals surface area (Å²) < 4.78 is 5.25. The van der Waals surface area contributed by atoms with Crippen LogP contribution in [0.5, 0.6) is 5.75 Å². The van der Waals surface area contributed by atoms with Crippen molar-refractivity contribution in [3.63, 3.8) is 0 Å². The summed E-state index contributed by atoms with van der Waals surface area (Å²) in [6.07, 6.45) is 4.11. The molecule has 1 saturated heterocycles. The van der Waals surface area contributed by atoms with Crippen LogP contribution in [0.15, 0.2) is 53.9 Å². The van der Waals surface area contributed by atoms with E-state index in [1.807, 2.05) is 36.4 Å². The first-order chi connectivity index (χ1) is 14.7. The van der Waals surface area contributed by atoms with Gasteiger partial charge in [-0.05, 0) is 48.2 Å². The summed E-state index contributed by atoms with van der Waals surface area (Å²) >= 11 is 0. The second-order valence-corrected chi connectivity index (χ2v) is 8.54. The van der Waals surface area contributed by atoms with Crippen molar-refractivity contribution in [2.24, 2.45) is 34.7 Å². The van der Waals surface area contributed by atoms with Crippen molar-refractivity contribution in [2.75, 3.05) is 7.11 Å². The van der Waals surface area contributed by atoms with E-state index >= 15 is 0 Å². The summed E-state index contributed by atoms with van der Waals surface area (Å²) in [4.78, 5) is 37.8. The highest BCUT2D eigenvalue weighted by Gasteiger charge is 2.70. The number of hydrogen-bond donors (Lipinski definition) is 0. The quantitative estimate of drug-likeness (QED) is 0.732. The van der Waals surface area contributed by atoms with Crippen molar-refractivity contribution in [1.29, 1.82) is 0 Å². The SMILES string of the molecule is COc1ccc(C2=NOC3C4CC(C23)C2C(=O)N(Cc3cccnc3)C(=O)C42)cc1. The lowest BCUT2D eigenvalue weighted by atomic mass is 9.71. The standard InChI is InChI=1S/C23H21N3O4/c1-29-14-6-4-13(5-7-14)20-19-15-9-16(21(19)30-25-20)18-17(15)22(27)26(23(18)28)11-12-3-2-8-24-10-12/h2-8,10,15-19,21H,9,11H2,1H3. The molecule has 152 valence electrons. The van der Waals surface area contributed by atoms with Crippen molar-refractivity contribution in [1.82, 2.24) is 9.88 Å². The molecule has 6 rings (SSSR count). The molecule has 2 amide bonds. The number of imide groups is 1. The molecular formula is C23H21N3O4. The number of likely N-dealkylation sites (tertiary alicyclic amines) is 1. The van der Waals surface area contributed by atoms with Crippen LogP contribution < -0.4 is 4.74 Å². The van der Waals surface area contributed by atoms with Gasteiger partial charge in [0.2, 0.25) is 11.8 Å². The van der Waals surface area contributed by atoms with Crippen molar-refractivity contribution in [2.45, 2.75) is 19.1 Å². The fourth-order valence-electron chi connectivity index (χ4n) is 6.02. The maximum Gasteiger partial charge on any atom is 0.233 e. The number of methoxy groups -OCH3 is 1. The highest BCUT2D eigenvalue weighted by atomic mass is 16.6. The van der Waals surface area contributed by atoms with Gasteiger partial charge in [0.1, 0.15) is 11.9 Å². The monoisotopic (exact) mass is 403 g/mol. The van der Waals surface area contributed by atoms with Gasteiger partial charge in [0.25, 0.3) is 0 Å². The lowest BCUT2D eigenvalue weighted by Gasteiger charge is -2.29. The number of carbonyl (C=O) groups excluding carboxylic acids is 2. The van der Waals surface area contributed by atoms with Gasteiger partial charge >= 0.3 is 0 Å². The van der Waals surface area contributed by atoms with E-state index in [0.717, 1.165) is 29.0 Å². The van der Waals surface area contributed by atoms with Crippen molar-refractivity contribution < 1.29 is 19.2 Å². The second-order valence-electron chi connectivity index (χ2n) is 8.54. The number of fused-ring (bicyclic) bond motifs is 8. The minimum Gasteiger partial charge on any atom is -0.497 e. The van der Waals surface area contributed by atoms with Crippen LogP contribution >= 0.6 is 0 Å². The molecule has 0 N–H and O–H groups in total. The van der Waals surface area contributed by atoms with Crippen molar-refractivity contribution in [3.8, 4) is 5.75 Å². The summed E-state index contributed by atoms with van der Waals surface area (Å²) in [7, 11) is 1.64. The summed E-state index contributed by atoms with van der Waals surface area (Å²) in [6, 6.07) is 11.5. The number of oxime groups is 1. The maximum atomic E-state index is 13.3. The van der Waals surface area contributed by atoms with Crippen molar-refractivity contribution in [3.05, 3.63) is 59.9 Å². The molecule has 3 heterocycles. The zero-order valence-electron chi connectivity index (χ0n) is 16.5. The van der Waals surface area contributed by atoms with Gasteiger partial charge < -0.3 is 9.57 Å². The fraction of sp³-hybridized carbons (Fsp3) is 0.391. The van der Waals surface area contributed by atoms with Crippen LogP contribution in [-0.4, -0.2) is 40.6 Å². The van der Waals surface area contributed by atoms with Gasteiger partial charge in [-0.1, -0.05) is 11.2 Å². The van der Waals surface area contributed by atoms with Crippen LogP contribution in [0.1, 0.15) is 17.5 Å². The molecule has 2 saturated carbocycles. The second kappa shape index (κ2) is 6.39. The molecule has 1 aromatic carbocycles. The molecule has 1 aromatic heterocycles. The highest BCUT2D eigenvalue weighted by molar-refractivity contribution is 6.08. The fourth-order valence-corrected chi connectivity index (χ4v) is 6.02. The van der Waals surface area contributed by atoms with Crippen LogP contribution in [0.3, 0.4) is 0 Å². The zero-order valence-corrected chi connectivity index (χ0v) is 16.5. The van der Waals surface area contributed by atoms with Gasteiger partial charge in [-0.25, -0.2) is 0 Å². The van der Waals surface area contributed by atoms with E-state index in [2.05, 4.69) is 10.1 Å². The Balaban J connectivity index is 1.28. The van der Waals surface area contributed by atoms with E-state index in [1.54, 1.807) is 19.5 Å². The third-order valence-electron chi connectivity index (χ3n) is 7.23. The Hall–Kier alpha value is -3.22. The van der Waals surface area contributed by atoms with E-state index in [-0.39, 0.29) is 54.1 Å². The normalized spacial score (nSPS) is 33.4. The molecule has 2 bridgehead atoms. The summed E-state index contributed by atoms with van der Waals surface area (Å²) in [5, 5.41) is 4.38. The average molecular weight is 403 g/mol. The number of ether oxygens (including phenoxy) is 1. The largest absolute Gasteiger partial charge is 0.497 e. The summed E-state index contributed by atoms with van der Waals surface area (Å²) in [6.45, 7) is 0.285. The summed E-state index contributed by atoms with van der Waals surface area (Å²) in [5.41, 5.74) is 2.74. The van der Waals surface area contributed by atoms with E-state index < -0.39 is 0 Å². The Morgan fingerprint density at radius 1 is 1.07 bits per heavy atom. The molecule has 2 aromatic rings. The minimum atomic E-state index is -0.286. The molecule has 7 heteroatoms. The van der Waals surface area contributed by atoms with E-state index in [0.29, 0.717) is 0 Å². The molecule has 0 spiro atoms. The first-order valence-corrected chi connectivity index (χ1v) is 10.3. The number of nitrogens with zero attached hydrogens (tertiary/aromatic N) is 3. The zero-order chi connectivity index (χ0) is 20.4. The molecular weight excluding hydrogens is 382 g/mol. The molecule has 7 nitrogen and oxygen atoms in total. The first-order valence-electron chi connectivity index (χ1n) is 10.3. The molecule has 3 fully saturated rings. The first kappa shape index (κ1) is 17.6. The lowest BCUT2D eigenvalue weighted by molar-refractivity contribution is -0.141. The lowest BCUT2D eigenvalue weighted by Crippen LogP contribution is -2.41. The van der Waals surface area contributed by atoms with Crippen LogP contribution in [0.2, 0.25) is 0 Å². The Morgan fingerprint density at radius 3 is 2.53 bits per heavy atom.